The van der Waals surface area contributed by atoms with Crippen molar-refractivity contribution in [2.24, 2.45) is 0 Å². The highest BCUT2D eigenvalue weighted by molar-refractivity contribution is 7.11. The van der Waals surface area contributed by atoms with Crippen LogP contribution in [0.1, 0.15) is 28.3 Å². The summed E-state index contributed by atoms with van der Waals surface area (Å²) < 4.78 is 23.3. The zero-order valence-electron chi connectivity index (χ0n) is 16.9. The second-order valence-electron chi connectivity index (χ2n) is 6.95. The van der Waals surface area contributed by atoms with E-state index in [-0.39, 0.29) is 6.04 Å². The van der Waals surface area contributed by atoms with Crippen molar-refractivity contribution >= 4 is 17.0 Å². The molecule has 154 valence electrons. The van der Waals surface area contributed by atoms with Crippen LogP contribution in [0.15, 0.2) is 60.0 Å². The fourth-order valence-electron chi connectivity index (χ4n) is 4.04. The van der Waals surface area contributed by atoms with Gasteiger partial charge in [0.05, 0.1) is 43.5 Å². The smallest absolute Gasteiger partial charge is 0.203 e. The highest BCUT2D eigenvalue weighted by Gasteiger charge is 2.42. The highest BCUT2D eigenvalue weighted by atomic mass is 32.1. The number of hydrogen-bond donors (Lipinski definition) is 1. The van der Waals surface area contributed by atoms with Gasteiger partial charge >= 0.3 is 0 Å². The van der Waals surface area contributed by atoms with Crippen molar-refractivity contribution in [2.45, 2.75) is 12.3 Å². The van der Waals surface area contributed by atoms with Crippen LogP contribution in [0.2, 0.25) is 0 Å². The Kier molecular flexibility index (Phi) is 4.77. The molecule has 0 saturated carbocycles. The Morgan fingerprint density at radius 3 is 2.47 bits per heavy atom. The van der Waals surface area contributed by atoms with Gasteiger partial charge in [-0.05, 0) is 35.7 Å². The Morgan fingerprint density at radius 1 is 0.900 bits per heavy atom. The minimum Gasteiger partial charge on any atom is -0.493 e. The molecule has 1 aromatic heterocycles. The third-order valence-corrected chi connectivity index (χ3v) is 6.29. The van der Waals surface area contributed by atoms with Gasteiger partial charge in [-0.3, -0.25) is 0 Å². The summed E-state index contributed by atoms with van der Waals surface area (Å²) in [6.07, 6.45) is 1.82. The van der Waals surface area contributed by atoms with E-state index in [9.17, 15) is 0 Å². The maximum absolute atomic E-state index is 6.47. The Labute approximate surface area is 179 Å². The monoisotopic (exact) mass is 422 g/mol. The van der Waals surface area contributed by atoms with Crippen molar-refractivity contribution < 1.29 is 18.9 Å². The molecule has 7 heteroatoms. The molecule has 2 aliphatic rings. The van der Waals surface area contributed by atoms with Crippen molar-refractivity contribution in [1.29, 1.82) is 0 Å². The van der Waals surface area contributed by atoms with E-state index in [1.165, 1.54) is 4.88 Å². The number of benzene rings is 2. The summed E-state index contributed by atoms with van der Waals surface area (Å²) in [4.78, 5) is 1.18. The molecule has 5 rings (SSSR count). The van der Waals surface area contributed by atoms with E-state index in [2.05, 4.69) is 40.1 Å². The van der Waals surface area contributed by atoms with Crippen molar-refractivity contribution in [2.75, 3.05) is 21.3 Å². The van der Waals surface area contributed by atoms with Crippen LogP contribution in [0.5, 0.6) is 23.0 Å². The van der Waals surface area contributed by atoms with Crippen molar-refractivity contribution in [3.8, 4) is 23.0 Å². The molecule has 2 aliphatic heterocycles. The van der Waals surface area contributed by atoms with Crippen LogP contribution >= 0.6 is 11.3 Å². The van der Waals surface area contributed by atoms with Crippen LogP contribution < -0.4 is 24.4 Å². The molecule has 2 atom stereocenters. The predicted octanol–water partition coefficient (Wildman–Crippen LogP) is 4.77. The van der Waals surface area contributed by atoms with E-state index in [4.69, 9.17) is 18.9 Å². The summed E-state index contributed by atoms with van der Waals surface area (Å²) in [7, 11) is 4.84. The number of methoxy groups -OCH3 is 3. The van der Waals surface area contributed by atoms with Crippen LogP contribution in [0.25, 0.3) is 5.70 Å². The molecule has 0 aliphatic carbocycles. The van der Waals surface area contributed by atoms with Gasteiger partial charge in [0.1, 0.15) is 5.75 Å². The van der Waals surface area contributed by atoms with Crippen LogP contribution in [-0.2, 0) is 0 Å². The maximum Gasteiger partial charge on any atom is 0.203 e. The highest BCUT2D eigenvalue weighted by Crippen LogP contribution is 2.50. The number of para-hydroxylation sites is 1. The zero-order chi connectivity index (χ0) is 20.7. The number of thiophene rings is 1. The topological polar surface area (TPSA) is 52.2 Å². The first-order chi connectivity index (χ1) is 14.7. The van der Waals surface area contributed by atoms with E-state index in [1.54, 1.807) is 32.7 Å². The van der Waals surface area contributed by atoms with Crippen molar-refractivity contribution in [1.82, 2.24) is 10.4 Å². The Morgan fingerprint density at radius 2 is 1.73 bits per heavy atom. The number of hydrazine groups is 1. The average molecular weight is 423 g/mol. The lowest BCUT2D eigenvalue weighted by Crippen LogP contribution is -2.43. The zero-order valence-corrected chi connectivity index (χ0v) is 17.7. The van der Waals surface area contributed by atoms with E-state index in [1.807, 2.05) is 30.3 Å². The lowest BCUT2D eigenvalue weighted by Gasteiger charge is -2.39. The van der Waals surface area contributed by atoms with Gasteiger partial charge in [0.15, 0.2) is 17.7 Å². The number of rotatable bonds is 5. The van der Waals surface area contributed by atoms with E-state index >= 15 is 0 Å². The predicted molar refractivity (Wildman–Crippen MR) is 116 cm³/mol. The first kappa shape index (κ1) is 18.8. The van der Waals surface area contributed by atoms with Crippen molar-refractivity contribution in [3.05, 3.63) is 76.0 Å². The summed E-state index contributed by atoms with van der Waals surface area (Å²) in [6.45, 7) is 0. The summed E-state index contributed by atoms with van der Waals surface area (Å²) in [5.74, 6) is 2.59. The van der Waals surface area contributed by atoms with Crippen LogP contribution in [-0.4, -0.2) is 26.3 Å². The number of ether oxygens (including phenoxy) is 4. The number of nitrogens with zero attached hydrogens (tertiary/aromatic N) is 1. The first-order valence-corrected chi connectivity index (χ1v) is 10.5. The minimum absolute atomic E-state index is 0.0230. The second-order valence-corrected chi connectivity index (χ2v) is 7.90. The standard InChI is InChI=1S/C23H22N2O4S/c1-26-19-11-10-15(21(27-2)22(19)28-3)23-25-17(14-7-4-5-8-18(14)29-23)13-16(24-25)20-9-6-12-30-20/h4-13,17,23-24H,1-3H3. The van der Waals surface area contributed by atoms with Crippen LogP contribution in [0, 0.1) is 0 Å². The molecule has 3 heterocycles. The van der Waals surface area contributed by atoms with Gasteiger partial charge < -0.3 is 24.4 Å². The summed E-state index contributed by atoms with van der Waals surface area (Å²) >= 11 is 1.70. The minimum atomic E-state index is -0.423. The number of nitrogens with one attached hydrogen (secondary N) is 1. The maximum atomic E-state index is 6.47. The van der Waals surface area contributed by atoms with Gasteiger partial charge in [-0.25, -0.2) is 0 Å². The van der Waals surface area contributed by atoms with Gasteiger partial charge in [-0.1, -0.05) is 24.3 Å². The molecule has 1 N–H and O–H groups in total. The summed E-state index contributed by atoms with van der Waals surface area (Å²) in [5.41, 5.74) is 6.59. The van der Waals surface area contributed by atoms with E-state index in [0.29, 0.717) is 17.2 Å². The van der Waals surface area contributed by atoms with E-state index in [0.717, 1.165) is 22.6 Å². The van der Waals surface area contributed by atoms with Gasteiger partial charge in [0.25, 0.3) is 0 Å². The third kappa shape index (κ3) is 2.89. The third-order valence-electron chi connectivity index (χ3n) is 5.39. The van der Waals surface area contributed by atoms with Gasteiger partial charge in [-0.2, -0.15) is 5.01 Å². The molecular formula is C23H22N2O4S. The lowest BCUT2D eigenvalue weighted by atomic mass is 10.0. The molecule has 2 unspecified atom stereocenters. The average Bonchev–Trinajstić information content (AvgIpc) is 3.47. The molecule has 0 amide bonds. The molecule has 0 fully saturated rings. The van der Waals surface area contributed by atoms with E-state index < -0.39 is 6.23 Å². The second kappa shape index (κ2) is 7.59. The number of hydrogen-bond acceptors (Lipinski definition) is 7. The quantitative estimate of drug-likeness (QED) is 0.639. The lowest BCUT2D eigenvalue weighted by molar-refractivity contribution is -0.0340. The molecule has 30 heavy (non-hydrogen) atoms. The molecule has 0 radical (unpaired) electrons. The molecule has 0 saturated heterocycles. The molecule has 0 bridgehead atoms. The summed E-state index contributed by atoms with van der Waals surface area (Å²) in [6, 6.07) is 16.2. The van der Waals surface area contributed by atoms with Crippen LogP contribution in [0.3, 0.4) is 0 Å². The normalized spacial score (nSPS) is 19.8. The summed E-state index contributed by atoms with van der Waals surface area (Å²) in [5, 5.41) is 4.19. The van der Waals surface area contributed by atoms with Gasteiger partial charge in [-0.15, -0.1) is 11.3 Å². The molecule has 6 nitrogen and oxygen atoms in total. The molecule has 3 aromatic rings. The fourth-order valence-corrected chi connectivity index (χ4v) is 4.74. The van der Waals surface area contributed by atoms with Crippen LogP contribution in [0.4, 0.5) is 0 Å². The number of fused-ring (bicyclic) bond motifs is 3. The van der Waals surface area contributed by atoms with Gasteiger partial charge in [0, 0.05) is 5.56 Å². The molecule has 2 aromatic carbocycles. The Bertz CT molecular complexity index is 1100. The Balaban J connectivity index is 1.63. The fraction of sp³-hybridized carbons (Fsp3) is 0.217. The van der Waals surface area contributed by atoms with Crippen molar-refractivity contribution in [3.63, 3.8) is 0 Å². The molecular weight excluding hydrogens is 400 g/mol. The first-order valence-electron chi connectivity index (χ1n) is 9.60. The largest absolute Gasteiger partial charge is 0.493 e. The Hall–Kier alpha value is -3.16. The molecule has 0 spiro atoms. The SMILES string of the molecule is COc1ccc(C2Oc3ccccc3C3C=C(c4cccs4)NN32)c(OC)c1OC. The van der Waals surface area contributed by atoms with Gasteiger partial charge in [0.2, 0.25) is 5.75 Å².